The first-order chi connectivity index (χ1) is 14.2. The van der Waals surface area contributed by atoms with Crippen molar-refractivity contribution in [3.8, 4) is 11.1 Å². The van der Waals surface area contributed by atoms with Gasteiger partial charge in [0, 0.05) is 35.2 Å². The van der Waals surface area contributed by atoms with Gasteiger partial charge in [-0.05, 0) is 43.5 Å². The number of carbonyl (C=O) groups is 1. The molecule has 1 fully saturated rings. The molecule has 0 saturated heterocycles. The van der Waals surface area contributed by atoms with Gasteiger partial charge in [0.25, 0.3) is 5.91 Å². The fourth-order valence-electron chi connectivity index (χ4n) is 3.75. The molecule has 1 aliphatic carbocycles. The van der Waals surface area contributed by atoms with Crippen LogP contribution in [0.5, 0.6) is 0 Å². The van der Waals surface area contributed by atoms with Crippen LogP contribution >= 0.6 is 0 Å². The van der Waals surface area contributed by atoms with Gasteiger partial charge in [-0.3, -0.25) is 4.79 Å². The Morgan fingerprint density at radius 3 is 2.45 bits per heavy atom. The van der Waals surface area contributed by atoms with Crippen molar-refractivity contribution in [3.05, 3.63) is 72.1 Å². The van der Waals surface area contributed by atoms with Gasteiger partial charge in [-0.15, -0.1) is 0 Å². The van der Waals surface area contributed by atoms with Crippen LogP contribution in [0.15, 0.2) is 60.9 Å². The average molecular weight is 386 g/mol. The maximum absolute atomic E-state index is 12.6. The minimum absolute atomic E-state index is 0.0173. The second-order valence-corrected chi connectivity index (χ2v) is 7.68. The molecule has 1 aliphatic rings. The number of nitrogens with one attached hydrogen (secondary N) is 2. The summed E-state index contributed by atoms with van der Waals surface area (Å²) in [5, 5.41) is 6.35. The molecule has 1 saturated carbocycles. The van der Waals surface area contributed by atoms with E-state index in [9.17, 15) is 4.79 Å². The maximum atomic E-state index is 12.6. The Labute approximate surface area is 171 Å². The predicted octanol–water partition coefficient (Wildman–Crippen LogP) is 5.26. The van der Waals surface area contributed by atoms with Crippen LogP contribution in [0.4, 0.5) is 11.6 Å². The molecular weight excluding hydrogens is 360 g/mol. The molecule has 1 amide bonds. The van der Waals surface area contributed by atoms with E-state index in [-0.39, 0.29) is 5.91 Å². The Morgan fingerprint density at radius 2 is 1.69 bits per heavy atom. The monoisotopic (exact) mass is 386 g/mol. The molecule has 0 unspecified atom stereocenters. The molecule has 5 nitrogen and oxygen atoms in total. The first-order valence-corrected chi connectivity index (χ1v) is 10.2. The lowest BCUT2D eigenvalue weighted by Gasteiger charge is -2.22. The van der Waals surface area contributed by atoms with Crippen molar-refractivity contribution in [1.82, 2.24) is 15.3 Å². The molecule has 1 heterocycles. The molecule has 148 valence electrons. The second kappa shape index (κ2) is 8.86. The lowest BCUT2D eigenvalue weighted by Crippen LogP contribution is -2.36. The van der Waals surface area contributed by atoms with E-state index in [1.165, 1.54) is 24.8 Å². The number of aryl methyl sites for hydroxylation is 1. The zero-order chi connectivity index (χ0) is 20.1. The van der Waals surface area contributed by atoms with Gasteiger partial charge in [-0.25, -0.2) is 9.97 Å². The average Bonchev–Trinajstić information content (AvgIpc) is 2.75. The zero-order valence-corrected chi connectivity index (χ0v) is 16.7. The van der Waals surface area contributed by atoms with E-state index in [0.717, 1.165) is 29.7 Å². The Kier molecular flexibility index (Phi) is 5.84. The van der Waals surface area contributed by atoms with Crippen LogP contribution in [0.1, 0.15) is 48.0 Å². The molecule has 4 rings (SSSR count). The smallest absolute Gasteiger partial charge is 0.251 e. The van der Waals surface area contributed by atoms with Gasteiger partial charge in [0.15, 0.2) is 0 Å². The maximum Gasteiger partial charge on any atom is 0.251 e. The topological polar surface area (TPSA) is 66.9 Å². The third-order valence-corrected chi connectivity index (χ3v) is 5.32. The number of hydrogen-bond acceptors (Lipinski definition) is 4. The van der Waals surface area contributed by atoms with Crippen molar-refractivity contribution in [3.63, 3.8) is 0 Å². The summed E-state index contributed by atoms with van der Waals surface area (Å²) in [5.74, 6) is 0.488. The Balaban J connectivity index is 1.43. The summed E-state index contributed by atoms with van der Waals surface area (Å²) in [6, 6.07) is 16.0. The number of hydrogen-bond donors (Lipinski definition) is 2. The first-order valence-electron chi connectivity index (χ1n) is 10.2. The number of aromatic nitrogens is 2. The number of benzene rings is 2. The second-order valence-electron chi connectivity index (χ2n) is 7.68. The Bertz CT molecular complexity index is 978. The van der Waals surface area contributed by atoms with Gasteiger partial charge in [0.2, 0.25) is 5.95 Å². The summed E-state index contributed by atoms with van der Waals surface area (Å²) in [4.78, 5) is 21.4. The molecule has 0 bridgehead atoms. The highest BCUT2D eigenvalue weighted by Gasteiger charge is 2.16. The predicted molar refractivity (Wildman–Crippen MR) is 116 cm³/mol. The molecule has 29 heavy (non-hydrogen) atoms. The van der Waals surface area contributed by atoms with Crippen LogP contribution in [0, 0.1) is 6.92 Å². The zero-order valence-electron chi connectivity index (χ0n) is 16.7. The van der Waals surface area contributed by atoms with E-state index in [2.05, 4.69) is 39.7 Å². The molecular formula is C24H26N4O. The van der Waals surface area contributed by atoms with Crippen molar-refractivity contribution < 1.29 is 4.79 Å². The largest absolute Gasteiger partial charge is 0.349 e. The molecule has 1 aromatic heterocycles. The summed E-state index contributed by atoms with van der Waals surface area (Å²) < 4.78 is 0. The van der Waals surface area contributed by atoms with Gasteiger partial charge in [0.1, 0.15) is 0 Å². The third-order valence-electron chi connectivity index (χ3n) is 5.32. The summed E-state index contributed by atoms with van der Waals surface area (Å²) in [5.41, 5.74) is 4.72. The number of nitrogens with zero attached hydrogens (tertiary/aromatic N) is 2. The minimum atomic E-state index is -0.0173. The van der Waals surface area contributed by atoms with Crippen LogP contribution in [0.2, 0.25) is 0 Å². The first kappa shape index (κ1) is 19.1. The fourth-order valence-corrected chi connectivity index (χ4v) is 3.75. The van der Waals surface area contributed by atoms with Gasteiger partial charge >= 0.3 is 0 Å². The molecule has 3 aromatic rings. The van der Waals surface area contributed by atoms with Gasteiger partial charge in [-0.2, -0.15) is 0 Å². The van der Waals surface area contributed by atoms with E-state index in [1.807, 2.05) is 48.8 Å². The van der Waals surface area contributed by atoms with Gasteiger partial charge in [0.05, 0.1) is 0 Å². The molecule has 2 N–H and O–H groups in total. The van der Waals surface area contributed by atoms with Crippen LogP contribution in [0.3, 0.4) is 0 Å². The van der Waals surface area contributed by atoms with E-state index in [4.69, 9.17) is 0 Å². The number of amides is 1. The Hall–Kier alpha value is -3.21. The van der Waals surface area contributed by atoms with E-state index in [1.54, 1.807) is 0 Å². The Morgan fingerprint density at radius 1 is 0.931 bits per heavy atom. The van der Waals surface area contributed by atoms with Crippen LogP contribution in [0.25, 0.3) is 11.1 Å². The van der Waals surface area contributed by atoms with E-state index >= 15 is 0 Å². The van der Waals surface area contributed by atoms with E-state index < -0.39 is 0 Å². The normalized spacial score (nSPS) is 14.4. The number of anilines is 2. The van der Waals surface area contributed by atoms with Crippen molar-refractivity contribution in [2.45, 2.75) is 45.1 Å². The van der Waals surface area contributed by atoms with Crippen molar-refractivity contribution >= 4 is 17.5 Å². The van der Waals surface area contributed by atoms with Gasteiger partial charge < -0.3 is 10.6 Å². The van der Waals surface area contributed by atoms with Crippen molar-refractivity contribution in [1.29, 1.82) is 0 Å². The lowest BCUT2D eigenvalue weighted by atomic mass is 9.95. The minimum Gasteiger partial charge on any atom is -0.349 e. The fraction of sp³-hybridized carbons (Fsp3) is 0.292. The summed E-state index contributed by atoms with van der Waals surface area (Å²) in [7, 11) is 0. The molecule has 0 radical (unpaired) electrons. The summed E-state index contributed by atoms with van der Waals surface area (Å²) in [6.45, 7) is 2.07. The summed E-state index contributed by atoms with van der Waals surface area (Å²) in [6.07, 6.45) is 9.43. The third kappa shape index (κ3) is 4.99. The quantitative estimate of drug-likeness (QED) is 0.628. The van der Waals surface area contributed by atoms with Crippen molar-refractivity contribution in [2.75, 3.05) is 5.32 Å². The van der Waals surface area contributed by atoms with Gasteiger partial charge in [-0.1, -0.05) is 55.2 Å². The molecule has 5 heteroatoms. The highest BCUT2D eigenvalue weighted by molar-refractivity contribution is 5.95. The van der Waals surface area contributed by atoms with Crippen LogP contribution in [-0.4, -0.2) is 21.9 Å². The molecule has 0 spiro atoms. The van der Waals surface area contributed by atoms with E-state index in [0.29, 0.717) is 17.6 Å². The van der Waals surface area contributed by atoms with Crippen LogP contribution in [-0.2, 0) is 0 Å². The number of carbonyl (C=O) groups excluding carboxylic acids is 1. The highest BCUT2D eigenvalue weighted by Crippen LogP contribution is 2.21. The summed E-state index contributed by atoms with van der Waals surface area (Å²) >= 11 is 0. The molecule has 2 aromatic carbocycles. The number of rotatable bonds is 5. The SMILES string of the molecule is Cc1cccc(-c2cnc(Nc3cccc(C(=O)NC4CCCCC4)c3)nc2)c1. The molecule has 0 aliphatic heterocycles. The van der Waals surface area contributed by atoms with Crippen molar-refractivity contribution in [2.24, 2.45) is 0 Å². The lowest BCUT2D eigenvalue weighted by molar-refractivity contribution is 0.0928. The molecule has 0 atom stereocenters. The highest BCUT2D eigenvalue weighted by atomic mass is 16.1. The van der Waals surface area contributed by atoms with Crippen LogP contribution < -0.4 is 10.6 Å². The standard InChI is InChI=1S/C24H26N4O/c1-17-7-5-8-18(13-17)20-15-25-24(26-16-20)28-22-12-6-9-19(14-22)23(29)27-21-10-3-2-4-11-21/h5-9,12-16,21H,2-4,10-11H2,1H3,(H,27,29)(H,25,26,28).